The number of nitrogens with one attached hydrogen (secondary N) is 1. The first-order valence-corrected chi connectivity index (χ1v) is 10.4. The Morgan fingerprint density at radius 2 is 1.93 bits per heavy atom. The summed E-state index contributed by atoms with van der Waals surface area (Å²) in [6, 6.07) is 9.97. The van der Waals surface area contributed by atoms with E-state index in [-0.39, 0.29) is 10.7 Å². The maximum Gasteiger partial charge on any atom is 0.343 e. The first-order chi connectivity index (χ1) is 13.9. The Labute approximate surface area is 184 Å². The molecule has 2 aromatic carbocycles. The van der Waals surface area contributed by atoms with Crippen LogP contribution >= 0.6 is 34.4 Å². The molecule has 150 valence electrons. The van der Waals surface area contributed by atoms with Gasteiger partial charge in [-0.2, -0.15) is 0 Å². The van der Waals surface area contributed by atoms with Crippen molar-refractivity contribution in [2.45, 2.75) is 6.92 Å². The van der Waals surface area contributed by atoms with Crippen LogP contribution in [-0.4, -0.2) is 30.8 Å². The lowest BCUT2D eigenvalue weighted by atomic mass is 10.1. The number of carbonyl (C=O) groups excluding carboxylic acids is 3. The van der Waals surface area contributed by atoms with Crippen LogP contribution in [0.3, 0.4) is 0 Å². The van der Waals surface area contributed by atoms with Gasteiger partial charge in [0.15, 0.2) is 11.5 Å². The van der Waals surface area contributed by atoms with Crippen molar-refractivity contribution in [3.63, 3.8) is 0 Å². The van der Waals surface area contributed by atoms with E-state index in [1.165, 1.54) is 0 Å². The van der Waals surface area contributed by atoms with Gasteiger partial charge in [0.25, 0.3) is 11.1 Å². The van der Waals surface area contributed by atoms with Gasteiger partial charge in [-0.1, -0.05) is 0 Å². The third-order valence-electron chi connectivity index (χ3n) is 3.79. The molecule has 29 heavy (non-hydrogen) atoms. The van der Waals surface area contributed by atoms with E-state index >= 15 is 0 Å². The number of carbonyl (C=O) groups is 3. The van der Waals surface area contributed by atoms with Gasteiger partial charge >= 0.3 is 5.97 Å². The minimum Gasteiger partial charge on any atom is -0.497 e. The number of benzene rings is 2. The van der Waals surface area contributed by atoms with E-state index in [0.29, 0.717) is 32.8 Å². The zero-order chi connectivity index (χ0) is 21.0. The molecule has 0 saturated carbocycles. The number of methoxy groups -OCH3 is 1. The minimum atomic E-state index is -0.533. The predicted molar refractivity (Wildman–Crippen MR) is 117 cm³/mol. The lowest BCUT2D eigenvalue weighted by molar-refractivity contribution is -0.115. The van der Waals surface area contributed by atoms with Crippen LogP contribution in [0, 0.1) is 3.57 Å². The maximum atomic E-state index is 12.5. The number of hydrogen-bond donors (Lipinski definition) is 1. The predicted octanol–water partition coefficient (Wildman–Crippen LogP) is 4.24. The van der Waals surface area contributed by atoms with Gasteiger partial charge in [0.2, 0.25) is 0 Å². The lowest BCUT2D eigenvalue weighted by Crippen LogP contribution is -2.17. The third-order valence-corrected chi connectivity index (χ3v) is 5.40. The van der Waals surface area contributed by atoms with Crippen molar-refractivity contribution in [1.82, 2.24) is 5.32 Å². The first-order valence-electron chi connectivity index (χ1n) is 8.48. The highest BCUT2D eigenvalue weighted by Crippen LogP contribution is 2.36. The van der Waals surface area contributed by atoms with Gasteiger partial charge < -0.3 is 14.2 Å². The zero-order valence-corrected chi connectivity index (χ0v) is 18.5. The Morgan fingerprint density at radius 3 is 2.52 bits per heavy atom. The van der Waals surface area contributed by atoms with Crippen molar-refractivity contribution in [1.29, 1.82) is 0 Å². The molecule has 1 heterocycles. The summed E-state index contributed by atoms with van der Waals surface area (Å²) in [6.07, 6.45) is 1.59. The summed E-state index contributed by atoms with van der Waals surface area (Å²) in [5, 5.41) is 1.80. The van der Waals surface area contributed by atoms with Crippen LogP contribution < -0.4 is 19.5 Å². The van der Waals surface area contributed by atoms with Gasteiger partial charge in [-0.25, -0.2) is 4.79 Å². The number of esters is 1. The van der Waals surface area contributed by atoms with Crippen LogP contribution in [0.15, 0.2) is 41.3 Å². The normalized spacial score (nSPS) is 14.7. The molecule has 7 nitrogen and oxygen atoms in total. The molecule has 2 amide bonds. The SMILES string of the molecule is CCOc1cc(/C=C2\SC(=O)NC2=O)cc(I)c1OC(=O)c1ccc(OC)cc1. The summed E-state index contributed by atoms with van der Waals surface area (Å²) in [5.74, 6) is 0.311. The van der Waals surface area contributed by atoms with Gasteiger partial charge in [0.1, 0.15) is 5.75 Å². The van der Waals surface area contributed by atoms with Crippen molar-refractivity contribution in [2.75, 3.05) is 13.7 Å². The number of halogens is 1. The Morgan fingerprint density at radius 1 is 1.21 bits per heavy atom. The number of rotatable bonds is 6. The van der Waals surface area contributed by atoms with Crippen LogP contribution in [0.25, 0.3) is 6.08 Å². The van der Waals surface area contributed by atoms with E-state index in [0.717, 1.165) is 11.8 Å². The Hall–Kier alpha value is -2.53. The minimum absolute atomic E-state index is 0.287. The molecule has 0 bridgehead atoms. The molecule has 0 spiro atoms. The van der Waals surface area contributed by atoms with E-state index in [9.17, 15) is 14.4 Å². The summed E-state index contributed by atoms with van der Waals surface area (Å²) in [6.45, 7) is 2.17. The molecule has 0 aliphatic carbocycles. The van der Waals surface area contributed by atoms with Gasteiger partial charge in [0, 0.05) is 0 Å². The van der Waals surface area contributed by atoms with Crippen LogP contribution in [0.1, 0.15) is 22.8 Å². The fraction of sp³-hybridized carbons (Fsp3) is 0.150. The highest BCUT2D eigenvalue weighted by molar-refractivity contribution is 14.1. The Kier molecular flexibility index (Phi) is 6.80. The zero-order valence-electron chi connectivity index (χ0n) is 15.5. The van der Waals surface area contributed by atoms with Crippen LogP contribution in [-0.2, 0) is 4.79 Å². The molecular weight excluding hydrogens is 509 g/mol. The lowest BCUT2D eigenvalue weighted by Gasteiger charge is -2.14. The molecule has 3 rings (SSSR count). The average Bonchev–Trinajstić information content (AvgIpc) is 3.01. The van der Waals surface area contributed by atoms with Gasteiger partial charge in [0.05, 0.1) is 27.8 Å². The summed E-state index contributed by atoms with van der Waals surface area (Å²) in [5.41, 5.74) is 1.02. The molecule has 1 fully saturated rings. The van der Waals surface area contributed by atoms with E-state index < -0.39 is 17.1 Å². The second-order valence-electron chi connectivity index (χ2n) is 5.73. The molecule has 1 aliphatic rings. The number of hydrogen-bond acceptors (Lipinski definition) is 7. The summed E-state index contributed by atoms with van der Waals surface area (Å²) < 4.78 is 16.9. The number of thioether (sulfide) groups is 1. The molecular formula is C20H16INO6S. The fourth-order valence-corrected chi connectivity index (χ4v) is 3.90. The molecule has 9 heteroatoms. The highest BCUT2D eigenvalue weighted by atomic mass is 127. The Bertz CT molecular complexity index is 1000. The molecule has 1 N–H and O–H groups in total. The summed E-state index contributed by atoms with van der Waals surface area (Å²) in [4.78, 5) is 35.9. The topological polar surface area (TPSA) is 90.9 Å². The quantitative estimate of drug-likeness (QED) is 0.261. The van der Waals surface area contributed by atoms with E-state index in [2.05, 4.69) is 5.32 Å². The van der Waals surface area contributed by atoms with Gasteiger partial charge in [-0.15, -0.1) is 0 Å². The van der Waals surface area contributed by atoms with E-state index in [1.807, 2.05) is 29.5 Å². The van der Waals surface area contributed by atoms with Gasteiger partial charge in [-0.05, 0) is 89.3 Å². The van der Waals surface area contributed by atoms with Crippen molar-refractivity contribution in [2.24, 2.45) is 0 Å². The summed E-state index contributed by atoms with van der Waals surface area (Å²) >= 11 is 2.86. The molecule has 2 aromatic rings. The second kappa shape index (κ2) is 9.31. The number of ether oxygens (including phenoxy) is 3. The third kappa shape index (κ3) is 5.10. The molecule has 1 aliphatic heterocycles. The Balaban J connectivity index is 1.90. The van der Waals surface area contributed by atoms with Gasteiger partial charge in [-0.3, -0.25) is 14.9 Å². The molecule has 0 atom stereocenters. The molecule has 0 aromatic heterocycles. The fourth-order valence-electron chi connectivity index (χ4n) is 2.48. The second-order valence-corrected chi connectivity index (χ2v) is 7.91. The number of amides is 2. The standard InChI is InChI=1S/C20H16INO6S/c1-3-27-15-9-11(10-16-18(23)22-20(25)29-16)8-14(21)17(15)28-19(24)12-4-6-13(26-2)7-5-12/h4-10H,3H2,1-2H3,(H,22,23,25)/b16-10-. The molecule has 0 radical (unpaired) electrons. The van der Waals surface area contributed by atoms with E-state index in [4.69, 9.17) is 14.2 Å². The van der Waals surface area contributed by atoms with Crippen molar-refractivity contribution >= 4 is 57.5 Å². The van der Waals surface area contributed by atoms with Crippen LogP contribution in [0.4, 0.5) is 4.79 Å². The van der Waals surface area contributed by atoms with Crippen molar-refractivity contribution in [3.05, 3.63) is 56.0 Å². The van der Waals surface area contributed by atoms with Crippen molar-refractivity contribution < 1.29 is 28.6 Å². The van der Waals surface area contributed by atoms with E-state index in [1.54, 1.807) is 49.6 Å². The van der Waals surface area contributed by atoms with Crippen molar-refractivity contribution in [3.8, 4) is 17.2 Å². The molecule has 0 unspecified atom stereocenters. The number of imide groups is 1. The highest BCUT2D eigenvalue weighted by Gasteiger charge is 2.25. The summed E-state index contributed by atoms with van der Waals surface area (Å²) in [7, 11) is 1.55. The van der Waals surface area contributed by atoms with Crippen LogP contribution in [0.5, 0.6) is 17.2 Å². The monoisotopic (exact) mass is 525 g/mol. The molecule has 1 saturated heterocycles. The largest absolute Gasteiger partial charge is 0.497 e. The van der Waals surface area contributed by atoms with Crippen LogP contribution in [0.2, 0.25) is 0 Å². The smallest absolute Gasteiger partial charge is 0.343 e. The maximum absolute atomic E-state index is 12.5. The first kappa shape index (κ1) is 21.2. The average molecular weight is 525 g/mol.